The van der Waals surface area contributed by atoms with Gasteiger partial charge in [-0.2, -0.15) is 0 Å². The van der Waals surface area contributed by atoms with Crippen LogP contribution in [0.1, 0.15) is 65.2 Å². The maximum Gasteiger partial charge on any atom is 0.472 e. The highest BCUT2D eigenvalue weighted by Crippen LogP contribution is 2.43. The Morgan fingerprint density at radius 2 is 1.32 bits per heavy atom. The Morgan fingerprint density at radius 3 is 1.95 bits per heavy atom. The van der Waals surface area contributed by atoms with Crippen LogP contribution in [-0.2, 0) is 37.5 Å². The highest BCUT2D eigenvalue weighted by atomic mass is 31.2. The van der Waals surface area contributed by atoms with E-state index in [4.69, 9.17) is 24.8 Å². The lowest BCUT2D eigenvalue weighted by Gasteiger charge is -2.20. The Labute approximate surface area is 261 Å². The van der Waals surface area contributed by atoms with E-state index in [0.29, 0.717) is 19.3 Å². The van der Waals surface area contributed by atoms with Gasteiger partial charge >= 0.3 is 25.7 Å². The molecule has 0 heterocycles. The van der Waals surface area contributed by atoms with Gasteiger partial charge in [-0.3, -0.25) is 23.4 Å². The predicted molar refractivity (Wildman–Crippen MR) is 170 cm³/mol. The van der Waals surface area contributed by atoms with Gasteiger partial charge < -0.3 is 25.2 Å². The second kappa shape index (κ2) is 27.2. The van der Waals surface area contributed by atoms with E-state index < -0.39 is 57.7 Å². The van der Waals surface area contributed by atoms with Crippen molar-refractivity contribution < 1.29 is 47.5 Å². The topological polar surface area (TPSA) is 172 Å². The Morgan fingerprint density at radius 1 is 0.727 bits per heavy atom. The van der Waals surface area contributed by atoms with E-state index in [1.807, 2.05) is 85.9 Å². The van der Waals surface area contributed by atoms with Crippen molar-refractivity contribution >= 4 is 25.7 Å². The number of allylic oxidation sites excluding steroid dienone is 14. The summed E-state index contributed by atoms with van der Waals surface area (Å²) in [6, 6.07) is -1.54. The fraction of sp³-hybridized carbons (Fsp3) is 0.469. The average Bonchev–Trinajstić information content (AvgIpc) is 2.99. The van der Waals surface area contributed by atoms with Crippen molar-refractivity contribution in [1.29, 1.82) is 0 Å². The summed E-state index contributed by atoms with van der Waals surface area (Å²) in [6.45, 7) is 2.28. The van der Waals surface area contributed by atoms with Crippen molar-refractivity contribution in [3.05, 3.63) is 85.1 Å². The van der Waals surface area contributed by atoms with Gasteiger partial charge in [-0.15, -0.1) is 0 Å². The normalized spacial score (nSPS) is 15.4. The summed E-state index contributed by atoms with van der Waals surface area (Å²) in [5.41, 5.74) is 5.27. The minimum Gasteiger partial charge on any atom is -0.480 e. The monoisotopic (exact) mass is 637 g/mol. The summed E-state index contributed by atoms with van der Waals surface area (Å²) in [7, 11) is -4.73. The molecular formula is C32H48NO10P. The van der Waals surface area contributed by atoms with E-state index in [1.165, 1.54) is 0 Å². The number of carboxylic acids is 1. The molecule has 2 unspecified atom stereocenters. The summed E-state index contributed by atoms with van der Waals surface area (Å²) in [6.07, 6.45) is 30.3. The lowest BCUT2D eigenvalue weighted by atomic mass is 10.2. The van der Waals surface area contributed by atoms with E-state index >= 15 is 0 Å². The second-order valence-corrected chi connectivity index (χ2v) is 10.7. The third-order valence-corrected chi connectivity index (χ3v) is 6.23. The molecule has 0 rings (SSSR count). The summed E-state index contributed by atoms with van der Waals surface area (Å²) >= 11 is 0. The van der Waals surface area contributed by atoms with Gasteiger partial charge in [0.05, 0.1) is 13.2 Å². The molecule has 0 amide bonds. The summed E-state index contributed by atoms with van der Waals surface area (Å²) in [4.78, 5) is 45.2. The quantitative estimate of drug-likeness (QED) is 0.0350. The average molecular weight is 638 g/mol. The molecule has 0 aliphatic rings. The number of carboxylic acid groups (broad SMARTS) is 1. The lowest BCUT2D eigenvalue weighted by Crippen LogP contribution is -2.34. The summed E-state index contributed by atoms with van der Waals surface area (Å²) < 4.78 is 32.1. The van der Waals surface area contributed by atoms with Gasteiger partial charge in [0.25, 0.3) is 0 Å². The number of carbonyl (C=O) groups excluding carboxylic acids is 2. The van der Waals surface area contributed by atoms with Gasteiger partial charge in [-0.05, 0) is 38.5 Å². The number of rotatable bonds is 25. The SMILES string of the molecule is CC/C=C/C=C/C=C/C=C/C=C/CCCC(=O)OC(COC(=O)CC/C=C/C/C=C/CC)COP(=O)(O)OC[C@H](N)C(=O)O. The van der Waals surface area contributed by atoms with Crippen LogP contribution >= 0.6 is 7.82 Å². The molecule has 12 heteroatoms. The van der Waals surface area contributed by atoms with Crippen LogP contribution in [-0.4, -0.2) is 59.9 Å². The molecule has 0 radical (unpaired) electrons. The molecule has 0 bridgehead atoms. The van der Waals surface area contributed by atoms with Crippen molar-refractivity contribution in [2.45, 2.75) is 77.4 Å². The fourth-order valence-electron chi connectivity index (χ4n) is 2.97. The van der Waals surface area contributed by atoms with Gasteiger partial charge in [-0.25, -0.2) is 4.57 Å². The molecule has 0 aromatic heterocycles. The molecule has 0 saturated heterocycles. The third kappa shape index (κ3) is 26.3. The number of aliphatic carboxylic acids is 1. The molecule has 0 aliphatic heterocycles. The molecule has 0 spiro atoms. The van der Waals surface area contributed by atoms with Gasteiger partial charge in [0.2, 0.25) is 0 Å². The third-order valence-electron chi connectivity index (χ3n) is 5.28. The standard InChI is InChI=1S/C32H48NO10P/c1-3-5-7-9-11-12-13-14-15-16-18-20-22-24-31(35)43-28(26-41-44(38,39)42-27-29(33)32(36)37)25-40-30(34)23-21-19-17-10-8-6-4-2/h5-9,11-19,28-29H,3-4,10,20-27,33H2,1-2H3,(H,36,37)(H,38,39)/b7-5+,8-6+,11-9+,13-12+,15-14+,18-16+,19-17+/t28?,29-/m0/s1. The number of ether oxygens (including phenoxy) is 2. The number of unbranched alkanes of at least 4 members (excludes halogenated alkanes) is 1. The van der Waals surface area contributed by atoms with Gasteiger partial charge in [-0.1, -0.05) is 98.9 Å². The van der Waals surface area contributed by atoms with Crippen LogP contribution < -0.4 is 5.73 Å². The smallest absolute Gasteiger partial charge is 0.472 e. The van der Waals surface area contributed by atoms with Crippen molar-refractivity contribution in [1.82, 2.24) is 0 Å². The van der Waals surface area contributed by atoms with E-state index in [-0.39, 0.29) is 12.8 Å². The van der Waals surface area contributed by atoms with Crippen LogP contribution in [0.25, 0.3) is 0 Å². The Hall–Kier alpha value is -3.34. The molecule has 4 N–H and O–H groups in total. The number of phosphoric acid groups is 1. The molecule has 0 aliphatic carbocycles. The van der Waals surface area contributed by atoms with Crippen LogP contribution in [0.15, 0.2) is 85.1 Å². The fourth-order valence-corrected chi connectivity index (χ4v) is 3.75. The Kier molecular flexibility index (Phi) is 25.2. The first-order valence-electron chi connectivity index (χ1n) is 14.7. The first-order chi connectivity index (χ1) is 21.1. The predicted octanol–water partition coefficient (Wildman–Crippen LogP) is 6.04. The molecule has 3 atom stereocenters. The highest BCUT2D eigenvalue weighted by molar-refractivity contribution is 7.47. The second-order valence-electron chi connectivity index (χ2n) is 9.24. The molecule has 246 valence electrons. The number of hydrogen-bond acceptors (Lipinski definition) is 9. The van der Waals surface area contributed by atoms with E-state index in [1.54, 1.807) is 0 Å². The van der Waals surface area contributed by atoms with Crippen molar-refractivity contribution in [3.8, 4) is 0 Å². The number of nitrogens with two attached hydrogens (primary N) is 1. The zero-order valence-corrected chi connectivity index (χ0v) is 26.6. The molecule has 11 nitrogen and oxygen atoms in total. The van der Waals surface area contributed by atoms with Crippen LogP contribution in [0, 0.1) is 0 Å². The largest absolute Gasteiger partial charge is 0.480 e. The molecule has 0 aromatic carbocycles. The Bertz CT molecular complexity index is 1070. The van der Waals surface area contributed by atoms with Crippen LogP contribution in [0.4, 0.5) is 0 Å². The van der Waals surface area contributed by atoms with Crippen molar-refractivity contribution in [3.63, 3.8) is 0 Å². The molecule has 44 heavy (non-hydrogen) atoms. The van der Waals surface area contributed by atoms with Gasteiger partial charge in [0.1, 0.15) is 12.6 Å². The zero-order chi connectivity index (χ0) is 32.9. The van der Waals surface area contributed by atoms with E-state index in [9.17, 15) is 23.8 Å². The Balaban J connectivity index is 4.80. The molecule has 0 fully saturated rings. The zero-order valence-electron chi connectivity index (χ0n) is 25.7. The molecule has 0 aromatic rings. The van der Waals surface area contributed by atoms with E-state index in [0.717, 1.165) is 19.3 Å². The van der Waals surface area contributed by atoms with Crippen LogP contribution in [0.3, 0.4) is 0 Å². The molecule has 0 saturated carbocycles. The maximum absolute atomic E-state index is 12.4. The molecular weight excluding hydrogens is 589 g/mol. The summed E-state index contributed by atoms with van der Waals surface area (Å²) in [5, 5.41) is 8.79. The van der Waals surface area contributed by atoms with Crippen molar-refractivity contribution in [2.24, 2.45) is 5.73 Å². The first-order valence-corrected chi connectivity index (χ1v) is 16.2. The van der Waals surface area contributed by atoms with Gasteiger partial charge in [0.15, 0.2) is 6.10 Å². The van der Waals surface area contributed by atoms with Crippen LogP contribution in [0.5, 0.6) is 0 Å². The number of carbonyl (C=O) groups is 3. The maximum atomic E-state index is 12.4. The number of hydrogen-bond donors (Lipinski definition) is 3. The summed E-state index contributed by atoms with van der Waals surface area (Å²) in [5.74, 6) is -2.59. The minimum absolute atomic E-state index is 0.0481. The number of esters is 2. The van der Waals surface area contributed by atoms with Crippen LogP contribution in [0.2, 0.25) is 0 Å². The van der Waals surface area contributed by atoms with Gasteiger partial charge in [0, 0.05) is 12.8 Å². The lowest BCUT2D eigenvalue weighted by molar-refractivity contribution is -0.161. The van der Waals surface area contributed by atoms with E-state index in [2.05, 4.69) is 17.5 Å². The highest BCUT2D eigenvalue weighted by Gasteiger charge is 2.28. The minimum atomic E-state index is -4.73. The number of phosphoric ester groups is 1. The van der Waals surface area contributed by atoms with Crippen molar-refractivity contribution in [2.75, 3.05) is 19.8 Å². The first kappa shape index (κ1) is 40.7.